The Kier molecular flexibility index (Phi) is 6.83. The minimum absolute atomic E-state index is 0.148. The molecule has 0 aliphatic carbocycles. The van der Waals surface area contributed by atoms with E-state index in [0.717, 1.165) is 27.7 Å². The van der Waals surface area contributed by atoms with Crippen molar-refractivity contribution >= 4 is 40.3 Å². The highest BCUT2D eigenvalue weighted by Crippen LogP contribution is 2.28. The number of benzene rings is 1. The summed E-state index contributed by atoms with van der Waals surface area (Å²) in [5, 5.41) is 10.7. The molecule has 1 aliphatic rings. The van der Waals surface area contributed by atoms with Crippen molar-refractivity contribution in [2.75, 3.05) is 18.5 Å². The molecule has 31 heavy (non-hydrogen) atoms. The van der Waals surface area contributed by atoms with Gasteiger partial charge in [-0.05, 0) is 55.5 Å². The van der Waals surface area contributed by atoms with Gasteiger partial charge in [-0.25, -0.2) is 9.78 Å². The van der Waals surface area contributed by atoms with Crippen molar-refractivity contribution in [1.29, 1.82) is 0 Å². The number of hydrogen-bond acceptors (Lipinski definition) is 6. The summed E-state index contributed by atoms with van der Waals surface area (Å²) in [5.41, 5.74) is 1.49. The van der Waals surface area contributed by atoms with Gasteiger partial charge in [-0.2, -0.15) is 0 Å². The van der Waals surface area contributed by atoms with Crippen LogP contribution < -0.4 is 15.4 Å². The predicted octanol–water partition coefficient (Wildman–Crippen LogP) is 4.58. The first-order valence-corrected chi connectivity index (χ1v) is 12.0. The summed E-state index contributed by atoms with van der Waals surface area (Å²) >= 11 is 3.21. The summed E-state index contributed by atoms with van der Waals surface area (Å²) in [7, 11) is 0. The molecule has 0 bridgehead atoms. The van der Waals surface area contributed by atoms with Crippen LogP contribution in [-0.2, 0) is 11.3 Å². The van der Waals surface area contributed by atoms with Crippen molar-refractivity contribution in [2.24, 2.45) is 0 Å². The molecular weight excluding hydrogens is 432 g/mol. The van der Waals surface area contributed by atoms with E-state index in [4.69, 9.17) is 4.74 Å². The second-order valence-electron chi connectivity index (χ2n) is 7.08. The van der Waals surface area contributed by atoms with Crippen molar-refractivity contribution in [1.82, 2.24) is 15.2 Å². The van der Waals surface area contributed by atoms with Crippen LogP contribution in [0.25, 0.3) is 9.88 Å². The van der Waals surface area contributed by atoms with Crippen LogP contribution in [0.4, 0.5) is 10.5 Å². The van der Waals surface area contributed by atoms with Crippen molar-refractivity contribution < 1.29 is 14.3 Å². The number of amides is 3. The number of carbonyl (C=O) groups excluding carboxylic acids is 2. The number of nitrogens with one attached hydrogen (secondary N) is 2. The average Bonchev–Trinajstić information content (AvgIpc) is 3.54. The molecule has 7 nitrogen and oxygen atoms in total. The van der Waals surface area contributed by atoms with Crippen LogP contribution in [0, 0.1) is 0 Å². The van der Waals surface area contributed by atoms with Gasteiger partial charge >= 0.3 is 6.03 Å². The van der Waals surface area contributed by atoms with Crippen LogP contribution >= 0.6 is 22.7 Å². The first kappa shape index (κ1) is 21.3. The number of carbonyl (C=O) groups is 2. The first-order chi connectivity index (χ1) is 15.1. The second-order valence-corrected chi connectivity index (χ2v) is 8.88. The molecule has 1 fully saturated rings. The van der Waals surface area contributed by atoms with Gasteiger partial charge in [0.15, 0.2) is 0 Å². The van der Waals surface area contributed by atoms with Crippen molar-refractivity contribution in [3.8, 4) is 15.6 Å². The summed E-state index contributed by atoms with van der Waals surface area (Å²) in [5.74, 6) is 0.605. The number of rotatable bonds is 7. The zero-order valence-electron chi connectivity index (χ0n) is 17.2. The molecular formula is C22H24N4O3S2. The third kappa shape index (κ3) is 5.23. The van der Waals surface area contributed by atoms with Crippen LogP contribution in [0.2, 0.25) is 0 Å². The maximum absolute atomic E-state index is 12.8. The lowest BCUT2D eigenvalue weighted by molar-refractivity contribution is -0.124. The molecule has 1 aliphatic heterocycles. The lowest BCUT2D eigenvalue weighted by atomic mass is 10.2. The lowest BCUT2D eigenvalue weighted by Crippen LogP contribution is -2.47. The van der Waals surface area contributed by atoms with E-state index in [1.165, 1.54) is 0 Å². The molecule has 0 spiro atoms. The number of anilines is 1. The molecule has 2 aromatic heterocycles. The number of nitrogens with zero attached hydrogens (tertiary/aromatic N) is 2. The molecule has 1 aromatic carbocycles. The van der Waals surface area contributed by atoms with Crippen LogP contribution in [0.5, 0.6) is 5.75 Å². The number of thiazole rings is 1. The molecule has 3 amide bonds. The third-order valence-corrected chi connectivity index (χ3v) is 6.89. The summed E-state index contributed by atoms with van der Waals surface area (Å²) in [4.78, 5) is 32.8. The van der Waals surface area contributed by atoms with Crippen LogP contribution in [0.3, 0.4) is 0 Å². The van der Waals surface area contributed by atoms with Crippen molar-refractivity contribution in [3.63, 3.8) is 0 Å². The van der Waals surface area contributed by atoms with E-state index in [9.17, 15) is 9.59 Å². The molecule has 0 radical (unpaired) electrons. The monoisotopic (exact) mass is 456 g/mol. The normalized spacial score (nSPS) is 15.6. The molecule has 1 atom stereocenters. The fourth-order valence-corrected chi connectivity index (χ4v) is 5.11. The SMILES string of the molecule is CCOc1ccc(NC(=O)N2CCC[C@@H]2C(=O)NCc2csc(-c3cccs3)n2)cc1. The van der Waals surface area contributed by atoms with Gasteiger partial charge in [-0.3, -0.25) is 4.79 Å². The lowest BCUT2D eigenvalue weighted by Gasteiger charge is -2.24. The van der Waals surface area contributed by atoms with Gasteiger partial charge in [0, 0.05) is 17.6 Å². The minimum Gasteiger partial charge on any atom is -0.494 e. The topological polar surface area (TPSA) is 83.6 Å². The largest absolute Gasteiger partial charge is 0.494 e. The van der Waals surface area contributed by atoms with Gasteiger partial charge in [0.05, 0.1) is 23.7 Å². The average molecular weight is 457 g/mol. The van der Waals surface area contributed by atoms with Crippen molar-refractivity contribution in [3.05, 3.63) is 52.9 Å². The molecule has 0 unspecified atom stereocenters. The molecule has 9 heteroatoms. The molecule has 0 saturated carbocycles. The number of urea groups is 1. The number of ether oxygens (including phenoxy) is 1. The Morgan fingerprint density at radius 1 is 1.23 bits per heavy atom. The van der Waals surface area contributed by atoms with Crippen LogP contribution in [0.1, 0.15) is 25.5 Å². The summed E-state index contributed by atoms with van der Waals surface area (Å²) in [6, 6.07) is 10.5. The highest BCUT2D eigenvalue weighted by molar-refractivity contribution is 7.20. The standard InChI is InChI=1S/C22H24N4O3S2/c1-2-29-17-9-7-15(8-10-17)25-22(28)26-11-3-5-18(26)20(27)23-13-16-14-31-21(24-16)19-6-4-12-30-19/h4,6-10,12,14,18H,2-3,5,11,13H2,1H3,(H,23,27)(H,25,28)/t18-/m1/s1. The van der Waals surface area contributed by atoms with Gasteiger partial charge in [-0.15, -0.1) is 22.7 Å². The zero-order valence-corrected chi connectivity index (χ0v) is 18.8. The highest BCUT2D eigenvalue weighted by Gasteiger charge is 2.34. The van der Waals surface area contributed by atoms with E-state index in [-0.39, 0.29) is 11.9 Å². The van der Waals surface area contributed by atoms with Gasteiger partial charge < -0.3 is 20.3 Å². The van der Waals surface area contributed by atoms with E-state index in [1.807, 2.05) is 41.9 Å². The fourth-order valence-electron chi connectivity index (χ4n) is 3.48. The number of hydrogen-bond donors (Lipinski definition) is 2. The maximum atomic E-state index is 12.8. The molecule has 3 heterocycles. The van der Waals surface area contributed by atoms with Crippen LogP contribution in [0.15, 0.2) is 47.2 Å². The Balaban J connectivity index is 1.32. The number of thiophene rings is 1. The van der Waals surface area contributed by atoms with E-state index in [1.54, 1.807) is 39.7 Å². The first-order valence-electron chi connectivity index (χ1n) is 10.2. The second kappa shape index (κ2) is 9.93. The van der Waals surface area contributed by atoms with Gasteiger partial charge in [-0.1, -0.05) is 6.07 Å². The Labute approximate surface area is 189 Å². The van der Waals surface area contributed by atoms with E-state index < -0.39 is 6.04 Å². The molecule has 3 aromatic rings. The molecule has 4 rings (SSSR count). The van der Waals surface area contributed by atoms with Gasteiger partial charge in [0.1, 0.15) is 16.8 Å². The summed E-state index contributed by atoms with van der Waals surface area (Å²) < 4.78 is 5.42. The molecule has 2 N–H and O–H groups in total. The summed E-state index contributed by atoms with van der Waals surface area (Å²) in [6.07, 6.45) is 1.45. The van der Waals surface area contributed by atoms with Gasteiger partial charge in [0.25, 0.3) is 0 Å². The zero-order chi connectivity index (χ0) is 21.6. The van der Waals surface area contributed by atoms with Crippen LogP contribution in [-0.4, -0.2) is 41.0 Å². The summed E-state index contributed by atoms with van der Waals surface area (Å²) in [6.45, 7) is 3.42. The Morgan fingerprint density at radius 2 is 2.06 bits per heavy atom. The molecule has 162 valence electrons. The van der Waals surface area contributed by atoms with Crippen molar-refractivity contribution in [2.45, 2.75) is 32.4 Å². The quantitative estimate of drug-likeness (QED) is 0.545. The number of aromatic nitrogens is 1. The smallest absolute Gasteiger partial charge is 0.322 e. The minimum atomic E-state index is -0.474. The number of likely N-dealkylation sites (tertiary alicyclic amines) is 1. The van der Waals surface area contributed by atoms with E-state index in [0.29, 0.717) is 31.8 Å². The Bertz CT molecular complexity index is 1020. The Hall–Kier alpha value is -2.91. The maximum Gasteiger partial charge on any atom is 0.322 e. The third-order valence-electron chi connectivity index (χ3n) is 4.96. The Morgan fingerprint density at radius 3 is 2.81 bits per heavy atom. The highest BCUT2D eigenvalue weighted by atomic mass is 32.1. The van der Waals surface area contributed by atoms with Gasteiger partial charge in [0.2, 0.25) is 5.91 Å². The van der Waals surface area contributed by atoms with E-state index in [2.05, 4.69) is 15.6 Å². The predicted molar refractivity (Wildman–Crippen MR) is 124 cm³/mol. The molecule has 1 saturated heterocycles. The van der Waals surface area contributed by atoms with E-state index >= 15 is 0 Å². The fraction of sp³-hybridized carbons (Fsp3) is 0.318.